The highest BCUT2D eigenvalue weighted by atomic mass is 16.5. The molecule has 0 radical (unpaired) electrons. The average molecular weight is 293 g/mol. The van der Waals surface area contributed by atoms with Crippen molar-refractivity contribution in [2.24, 2.45) is 0 Å². The van der Waals surface area contributed by atoms with Gasteiger partial charge in [-0.1, -0.05) is 6.07 Å². The van der Waals surface area contributed by atoms with Crippen LogP contribution in [0.4, 0.5) is 0 Å². The van der Waals surface area contributed by atoms with E-state index >= 15 is 0 Å². The van der Waals surface area contributed by atoms with Crippen molar-refractivity contribution in [3.63, 3.8) is 0 Å². The fraction of sp³-hybridized carbons (Fsp3) is 0.500. The second-order valence-corrected chi connectivity index (χ2v) is 5.55. The first-order valence-corrected chi connectivity index (χ1v) is 6.78. The van der Waals surface area contributed by atoms with Gasteiger partial charge in [0.05, 0.1) is 20.1 Å². The maximum Gasteiger partial charge on any atom is 0.330 e. The van der Waals surface area contributed by atoms with Gasteiger partial charge in [-0.15, -0.1) is 0 Å². The molecule has 21 heavy (non-hydrogen) atoms. The molecule has 5 heteroatoms. The second kappa shape index (κ2) is 6.61. The molecule has 116 valence electrons. The molecule has 0 heterocycles. The van der Waals surface area contributed by atoms with E-state index in [-0.39, 0.29) is 11.8 Å². The summed E-state index contributed by atoms with van der Waals surface area (Å²) in [5.74, 6) is -0.327. The molecule has 5 nitrogen and oxygen atoms in total. The lowest BCUT2D eigenvalue weighted by atomic mass is 9.94. The van der Waals surface area contributed by atoms with Crippen LogP contribution in [0.2, 0.25) is 0 Å². The van der Waals surface area contributed by atoms with Crippen molar-refractivity contribution in [1.82, 2.24) is 5.32 Å². The summed E-state index contributed by atoms with van der Waals surface area (Å²) in [6, 6.07) is 5.56. The Morgan fingerprint density at radius 1 is 1.24 bits per heavy atom. The number of carbonyl (C=O) groups excluding carboxylic acids is 2. The van der Waals surface area contributed by atoms with Crippen LogP contribution in [0, 0.1) is 6.92 Å². The SMILES string of the molecule is COC(=O)C(C)(C)NC(=O)C(C)c1ccc(OC)cc1C. The van der Waals surface area contributed by atoms with Gasteiger partial charge in [-0.3, -0.25) is 4.79 Å². The lowest BCUT2D eigenvalue weighted by Crippen LogP contribution is -2.51. The molecule has 0 aliphatic rings. The minimum atomic E-state index is -1.06. The van der Waals surface area contributed by atoms with Gasteiger partial charge in [0.2, 0.25) is 5.91 Å². The third-order valence-electron chi connectivity index (χ3n) is 3.47. The van der Waals surface area contributed by atoms with E-state index in [0.29, 0.717) is 0 Å². The first-order chi connectivity index (χ1) is 9.72. The Morgan fingerprint density at radius 3 is 2.33 bits per heavy atom. The topological polar surface area (TPSA) is 64.6 Å². The summed E-state index contributed by atoms with van der Waals surface area (Å²) in [4.78, 5) is 24.0. The maximum absolute atomic E-state index is 12.3. The zero-order chi connectivity index (χ0) is 16.2. The Bertz CT molecular complexity index is 537. The Hall–Kier alpha value is -2.04. The molecule has 1 N–H and O–H groups in total. The van der Waals surface area contributed by atoms with E-state index in [0.717, 1.165) is 16.9 Å². The monoisotopic (exact) mass is 293 g/mol. The quantitative estimate of drug-likeness (QED) is 0.845. The molecule has 0 saturated heterocycles. The predicted octanol–water partition coefficient (Wildman–Crippen LogP) is 2.17. The number of hydrogen-bond donors (Lipinski definition) is 1. The van der Waals surface area contributed by atoms with E-state index in [9.17, 15) is 9.59 Å². The summed E-state index contributed by atoms with van der Waals surface area (Å²) in [7, 11) is 2.90. The van der Waals surface area contributed by atoms with E-state index in [1.165, 1.54) is 7.11 Å². The van der Waals surface area contributed by atoms with Crippen molar-refractivity contribution < 1.29 is 19.1 Å². The van der Waals surface area contributed by atoms with E-state index in [2.05, 4.69) is 10.1 Å². The van der Waals surface area contributed by atoms with Crippen LogP contribution in [-0.2, 0) is 14.3 Å². The maximum atomic E-state index is 12.3. The summed E-state index contributed by atoms with van der Waals surface area (Å²) in [5, 5.41) is 2.72. The molecular formula is C16H23NO4. The van der Waals surface area contributed by atoms with Crippen molar-refractivity contribution in [2.75, 3.05) is 14.2 Å². The van der Waals surface area contributed by atoms with Gasteiger partial charge in [0, 0.05) is 0 Å². The molecule has 0 aromatic heterocycles. The molecule has 0 aliphatic carbocycles. The van der Waals surface area contributed by atoms with E-state index in [4.69, 9.17) is 4.74 Å². The molecular weight excluding hydrogens is 270 g/mol. The molecule has 0 aliphatic heterocycles. The van der Waals surface area contributed by atoms with Crippen molar-refractivity contribution in [1.29, 1.82) is 0 Å². The lowest BCUT2D eigenvalue weighted by molar-refractivity contribution is -0.149. The predicted molar refractivity (Wildman–Crippen MR) is 80.4 cm³/mol. The number of methoxy groups -OCH3 is 2. The smallest absolute Gasteiger partial charge is 0.330 e. The fourth-order valence-corrected chi connectivity index (χ4v) is 2.12. The molecule has 1 aromatic carbocycles. The van der Waals surface area contributed by atoms with Gasteiger partial charge >= 0.3 is 5.97 Å². The highest BCUT2D eigenvalue weighted by Crippen LogP contribution is 2.24. The molecule has 1 unspecified atom stereocenters. The first-order valence-electron chi connectivity index (χ1n) is 6.78. The summed E-state index contributed by atoms with van der Waals surface area (Å²) in [6.07, 6.45) is 0. The Balaban J connectivity index is 2.91. The Kier molecular flexibility index (Phi) is 5.35. The van der Waals surface area contributed by atoms with E-state index < -0.39 is 11.5 Å². The number of ether oxygens (including phenoxy) is 2. The Morgan fingerprint density at radius 2 is 1.86 bits per heavy atom. The van der Waals surface area contributed by atoms with Gasteiger partial charge in [-0.05, 0) is 51.0 Å². The van der Waals surface area contributed by atoms with Crippen molar-refractivity contribution in [3.05, 3.63) is 29.3 Å². The molecule has 1 rings (SSSR count). The average Bonchev–Trinajstić information content (AvgIpc) is 2.44. The normalized spacial score (nSPS) is 12.5. The minimum absolute atomic E-state index is 0.223. The molecule has 0 spiro atoms. The van der Waals surface area contributed by atoms with Gasteiger partial charge in [0.15, 0.2) is 0 Å². The summed E-state index contributed by atoms with van der Waals surface area (Å²) in [6.45, 7) is 6.96. The number of aryl methyl sites for hydroxylation is 1. The standard InChI is InChI=1S/C16H23NO4/c1-10-9-12(20-5)7-8-13(10)11(2)14(18)17-16(3,4)15(19)21-6/h7-9,11H,1-6H3,(H,17,18). The van der Waals surface area contributed by atoms with Gasteiger partial charge in [-0.2, -0.15) is 0 Å². The summed E-state index contributed by atoms with van der Waals surface area (Å²) < 4.78 is 9.84. The summed E-state index contributed by atoms with van der Waals surface area (Å²) >= 11 is 0. The number of rotatable bonds is 5. The molecule has 0 saturated carbocycles. The second-order valence-electron chi connectivity index (χ2n) is 5.55. The van der Waals surface area contributed by atoms with Crippen LogP contribution in [0.25, 0.3) is 0 Å². The third kappa shape index (κ3) is 3.97. The van der Waals surface area contributed by atoms with Crippen LogP contribution in [0.5, 0.6) is 5.75 Å². The molecule has 1 atom stereocenters. The highest BCUT2D eigenvalue weighted by molar-refractivity contribution is 5.90. The molecule has 0 bridgehead atoms. The summed E-state index contributed by atoms with van der Waals surface area (Å²) in [5.41, 5.74) is 0.808. The van der Waals surface area contributed by atoms with Crippen LogP contribution >= 0.6 is 0 Å². The van der Waals surface area contributed by atoms with Gasteiger partial charge in [0.25, 0.3) is 0 Å². The van der Waals surface area contributed by atoms with Crippen molar-refractivity contribution in [3.8, 4) is 5.75 Å². The largest absolute Gasteiger partial charge is 0.497 e. The third-order valence-corrected chi connectivity index (χ3v) is 3.47. The number of hydrogen-bond acceptors (Lipinski definition) is 4. The number of nitrogens with one attached hydrogen (secondary N) is 1. The number of benzene rings is 1. The van der Waals surface area contributed by atoms with E-state index in [1.807, 2.05) is 25.1 Å². The minimum Gasteiger partial charge on any atom is -0.497 e. The van der Waals surface area contributed by atoms with Crippen LogP contribution in [-0.4, -0.2) is 31.6 Å². The zero-order valence-electron chi connectivity index (χ0n) is 13.4. The first kappa shape index (κ1) is 17.0. The number of amides is 1. The van der Waals surface area contributed by atoms with Crippen LogP contribution in [0.1, 0.15) is 37.8 Å². The van der Waals surface area contributed by atoms with Crippen LogP contribution < -0.4 is 10.1 Å². The van der Waals surface area contributed by atoms with Gasteiger partial charge in [-0.25, -0.2) is 4.79 Å². The van der Waals surface area contributed by atoms with E-state index in [1.54, 1.807) is 27.9 Å². The highest BCUT2D eigenvalue weighted by Gasteiger charge is 2.32. The molecule has 0 fully saturated rings. The zero-order valence-corrected chi connectivity index (χ0v) is 13.4. The van der Waals surface area contributed by atoms with Crippen LogP contribution in [0.3, 0.4) is 0 Å². The molecule has 1 aromatic rings. The van der Waals surface area contributed by atoms with Crippen molar-refractivity contribution in [2.45, 2.75) is 39.2 Å². The van der Waals surface area contributed by atoms with Crippen molar-refractivity contribution >= 4 is 11.9 Å². The number of esters is 1. The van der Waals surface area contributed by atoms with Gasteiger partial charge in [0.1, 0.15) is 11.3 Å². The van der Waals surface area contributed by atoms with Gasteiger partial charge < -0.3 is 14.8 Å². The molecule has 1 amide bonds. The lowest BCUT2D eigenvalue weighted by Gasteiger charge is -2.25. The fourth-order valence-electron chi connectivity index (χ4n) is 2.12. The Labute approximate surface area is 125 Å². The number of carbonyl (C=O) groups is 2. The van der Waals surface area contributed by atoms with Crippen LogP contribution in [0.15, 0.2) is 18.2 Å².